The fourth-order valence-electron chi connectivity index (χ4n) is 3.48. The summed E-state index contributed by atoms with van der Waals surface area (Å²) in [4.78, 5) is 27.4. The summed E-state index contributed by atoms with van der Waals surface area (Å²) in [5.74, 6) is -1.32. The Bertz CT molecular complexity index is 1110. The standard InChI is InChI=1S/C22H15Cl2FN2O2/c23-14-6-8-18(24)16(10-14)22(29)27-12-20(28)26-19-9-7-15(25)11-17(19)21(27)13-4-2-1-3-5-13/h1-11,21H,12H2,(H,26,28)/t21-/m0/s1. The van der Waals surface area contributed by atoms with Gasteiger partial charge in [-0.05, 0) is 42.0 Å². The van der Waals surface area contributed by atoms with Crippen molar-refractivity contribution < 1.29 is 14.0 Å². The average Bonchev–Trinajstić information content (AvgIpc) is 2.85. The van der Waals surface area contributed by atoms with Crippen LogP contribution in [0.3, 0.4) is 0 Å². The maximum absolute atomic E-state index is 14.1. The van der Waals surface area contributed by atoms with E-state index in [4.69, 9.17) is 23.2 Å². The molecule has 1 heterocycles. The van der Waals surface area contributed by atoms with E-state index in [1.807, 2.05) is 30.3 Å². The van der Waals surface area contributed by atoms with E-state index in [1.54, 1.807) is 6.07 Å². The van der Waals surface area contributed by atoms with Crippen LogP contribution in [0.4, 0.5) is 10.1 Å². The number of fused-ring (bicyclic) bond motifs is 1. The maximum Gasteiger partial charge on any atom is 0.256 e. The van der Waals surface area contributed by atoms with E-state index in [1.165, 1.54) is 35.2 Å². The minimum absolute atomic E-state index is 0.174. The van der Waals surface area contributed by atoms with Gasteiger partial charge in [-0.1, -0.05) is 53.5 Å². The molecule has 4 rings (SSSR count). The monoisotopic (exact) mass is 428 g/mol. The quantitative estimate of drug-likeness (QED) is 0.600. The van der Waals surface area contributed by atoms with Crippen molar-refractivity contribution in [2.75, 3.05) is 11.9 Å². The van der Waals surface area contributed by atoms with Crippen molar-refractivity contribution in [1.82, 2.24) is 4.90 Å². The molecule has 1 aliphatic rings. The van der Waals surface area contributed by atoms with Gasteiger partial charge in [-0.25, -0.2) is 4.39 Å². The van der Waals surface area contributed by atoms with Crippen molar-refractivity contribution in [3.8, 4) is 0 Å². The molecule has 0 unspecified atom stereocenters. The minimum Gasteiger partial charge on any atom is -0.324 e. The molecule has 0 saturated carbocycles. The lowest BCUT2D eigenvalue weighted by Crippen LogP contribution is -2.39. The Hall–Kier alpha value is -2.89. The normalized spacial score (nSPS) is 16.0. The zero-order valence-electron chi connectivity index (χ0n) is 15.0. The first-order chi connectivity index (χ1) is 13.9. The van der Waals surface area contributed by atoms with Gasteiger partial charge in [0.2, 0.25) is 5.91 Å². The molecule has 3 aromatic rings. The van der Waals surface area contributed by atoms with Crippen LogP contribution in [-0.2, 0) is 4.79 Å². The second kappa shape index (κ2) is 7.85. The number of rotatable bonds is 2. The first kappa shape index (κ1) is 19.4. The Kier molecular flexibility index (Phi) is 5.26. The number of nitrogens with zero attached hydrogens (tertiary/aromatic N) is 1. The lowest BCUT2D eigenvalue weighted by atomic mass is 9.95. The van der Waals surface area contributed by atoms with E-state index >= 15 is 0 Å². The summed E-state index contributed by atoms with van der Waals surface area (Å²) in [6, 6.07) is 17.1. The number of nitrogens with one attached hydrogen (secondary N) is 1. The molecule has 0 radical (unpaired) electrons. The van der Waals surface area contributed by atoms with Crippen molar-refractivity contribution in [2.45, 2.75) is 6.04 Å². The van der Waals surface area contributed by atoms with Gasteiger partial charge in [0.25, 0.3) is 5.91 Å². The van der Waals surface area contributed by atoms with Crippen LogP contribution in [0.25, 0.3) is 0 Å². The van der Waals surface area contributed by atoms with Gasteiger partial charge in [0.05, 0.1) is 16.6 Å². The van der Waals surface area contributed by atoms with Crippen molar-refractivity contribution >= 4 is 40.7 Å². The third-order valence-electron chi connectivity index (χ3n) is 4.74. The molecule has 29 heavy (non-hydrogen) atoms. The summed E-state index contributed by atoms with van der Waals surface area (Å²) in [5, 5.41) is 3.32. The summed E-state index contributed by atoms with van der Waals surface area (Å²) < 4.78 is 14.1. The summed E-state index contributed by atoms with van der Waals surface area (Å²) in [6.07, 6.45) is 0. The van der Waals surface area contributed by atoms with Crippen LogP contribution >= 0.6 is 23.2 Å². The van der Waals surface area contributed by atoms with E-state index in [0.717, 1.165) is 5.56 Å². The molecular formula is C22H15Cl2FN2O2. The van der Waals surface area contributed by atoms with Gasteiger partial charge < -0.3 is 10.2 Å². The van der Waals surface area contributed by atoms with Crippen molar-refractivity contribution in [2.24, 2.45) is 0 Å². The second-order valence-electron chi connectivity index (χ2n) is 6.65. The predicted octanol–water partition coefficient (Wildman–Crippen LogP) is 5.32. The van der Waals surface area contributed by atoms with Crippen molar-refractivity contribution in [1.29, 1.82) is 0 Å². The van der Waals surface area contributed by atoms with Gasteiger partial charge in [-0.2, -0.15) is 0 Å². The van der Waals surface area contributed by atoms with Crippen LogP contribution in [0, 0.1) is 5.82 Å². The molecule has 0 aromatic heterocycles. The topological polar surface area (TPSA) is 49.4 Å². The Labute approximate surface area is 176 Å². The molecule has 0 fully saturated rings. The zero-order valence-corrected chi connectivity index (χ0v) is 16.5. The molecule has 0 spiro atoms. The Morgan fingerprint density at radius 1 is 1.03 bits per heavy atom. The highest BCUT2D eigenvalue weighted by atomic mass is 35.5. The van der Waals surface area contributed by atoms with Crippen LogP contribution in [0.2, 0.25) is 10.0 Å². The summed E-state index contributed by atoms with van der Waals surface area (Å²) in [5.41, 5.74) is 1.85. The maximum atomic E-state index is 14.1. The highest BCUT2D eigenvalue weighted by Gasteiger charge is 2.34. The fraction of sp³-hybridized carbons (Fsp3) is 0.0909. The number of carbonyl (C=O) groups excluding carboxylic acids is 2. The van der Waals surface area contributed by atoms with E-state index in [2.05, 4.69) is 5.32 Å². The predicted molar refractivity (Wildman–Crippen MR) is 111 cm³/mol. The Morgan fingerprint density at radius 3 is 2.55 bits per heavy atom. The van der Waals surface area contributed by atoms with Crippen LogP contribution < -0.4 is 5.32 Å². The van der Waals surface area contributed by atoms with E-state index in [0.29, 0.717) is 16.3 Å². The first-order valence-electron chi connectivity index (χ1n) is 8.84. The second-order valence-corrected chi connectivity index (χ2v) is 7.49. The largest absolute Gasteiger partial charge is 0.324 e. The third kappa shape index (κ3) is 3.84. The zero-order chi connectivity index (χ0) is 20.5. The van der Waals surface area contributed by atoms with Gasteiger partial charge in [0, 0.05) is 16.3 Å². The highest BCUT2D eigenvalue weighted by Crippen LogP contribution is 2.37. The van der Waals surface area contributed by atoms with Crippen molar-refractivity contribution in [3.63, 3.8) is 0 Å². The number of anilines is 1. The molecule has 1 N–H and O–H groups in total. The van der Waals surface area contributed by atoms with Crippen LogP contribution in [0.1, 0.15) is 27.5 Å². The molecule has 7 heteroatoms. The van der Waals surface area contributed by atoms with E-state index in [9.17, 15) is 14.0 Å². The van der Waals surface area contributed by atoms with Crippen molar-refractivity contribution in [3.05, 3.63) is 99.3 Å². The third-order valence-corrected chi connectivity index (χ3v) is 5.31. The summed E-state index contributed by atoms with van der Waals surface area (Å²) in [6.45, 7) is -0.225. The number of halogens is 3. The first-order valence-corrected chi connectivity index (χ1v) is 9.60. The van der Waals surface area contributed by atoms with Gasteiger partial charge in [-0.15, -0.1) is 0 Å². The van der Waals surface area contributed by atoms with E-state index < -0.39 is 17.8 Å². The number of amides is 2. The molecule has 1 aliphatic heterocycles. The van der Waals surface area contributed by atoms with Gasteiger partial charge in [0.1, 0.15) is 12.4 Å². The molecule has 3 aromatic carbocycles. The lowest BCUT2D eigenvalue weighted by Gasteiger charge is -2.31. The molecule has 0 saturated heterocycles. The molecule has 146 valence electrons. The van der Waals surface area contributed by atoms with Crippen LogP contribution in [-0.4, -0.2) is 23.3 Å². The number of hydrogen-bond acceptors (Lipinski definition) is 2. The van der Waals surface area contributed by atoms with Gasteiger partial charge in [-0.3, -0.25) is 9.59 Å². The van der Waals surface area contributed by atoms with Gasteiger partial charge in [0.15, 0.2) is 0 Å². The summed E-state index contributed by atoms with van der Waals surface area (Å²) >= 11 is 12.3. The van der Waals surface area contributed by atoms with Crippen LogP contribution in [0.15, 0.2) is 66.7 Å². The Balaban J connectivity index is 1.91. The molecule has 2 amide bonds. The molecular weight excluding hydrogens is 414 g/mol. The molecule has 1 atom stereocenters. The van der Waals surface area contributed by atoms with E-state index in [-0.39, 0.29) is 23.0 Å². The van der Waals surface area contributed by atoms with Gasteiger partial charge >= 0.3 is 0 Å². The summed E-state index contributed by atoms with van der Waals surface area (Å²) in [7, 11) is 0. The lowest BCUT2D eigenvalue weighted by molar-refractivity contribution is -0.117. The molecule has 0 bridgehead atoms. The number of hydrogen-bond donors (Lipinski definition) is 1. The average molecular weight is 429 g/mol. The fourth-order valence-corrected chi connectivity index (χ4v) is 3.85. The minimum atomic E-state index is -0.691. The SMILES string of the molecule is O=C1CN(C(=O)c2cc(Cl)ccc2Cl)[C@@H](c2ccccc2)c2cc(F)ccc2N1. The number of carbonyl (C=O) groups is 2. The van der Waals surface area contributed by atoms with Crippen LogP contribution in [0.5, 0.6) is 0 Å². The molecule has 4 nitrogen and oxygen atoms in total. The number of benzene rings is 3. The highest BCUT2D eigenvalue weighted by molar-refractivity contribution is 6.35. The Morgan fingerprint density at radius 2 is 1.79 bits per heavy atom. The molecule has 0 aliphatic carbocycles. The smallest absolute Gasteiger partial charge is 0.256 e.